The molecule has 1 fully saturated rings. The zero-order valence-electron chi connectivity index (χ0n) is 8.45. The minimum absolute atomic E-state index is 0.143. The Balaban J connectivity index is 2.27. The van der Waals surface area contributed by atoms with Crippen molar-refractivity contribution < 1.29 is 9.47 Å². The molecule has 1 radical (unpaired) electrons. The van der Waals surface area contributed by atoms with Crippen LogP contribution in [0.4, 0.5) is 0 Å². The summed E-state index contributed by atoms with van der Waals surface area (Å²) in [5, 5.41) is 0. The Bertz CT molecular complexity index is 276. The topological polar surface area (TPSA) is 18.5 Å². The summed E-state index contributed by atoms with van der Waals surface area (Å²) in [6.07, 6.45) is 1.86. The zero-order chi connectivity index (χ0) is 9.86. The lowest BCUT2D eigenvalue weighted by Gasteiger charge is -2.36. The van der Waals surface area contributed by atoms with Gasteiger partial charge in [-0.15, -0.1) is 0 Å². The fraction of sp³-hybridized carbons (Fsp3) is 0.500. The molecule has 75 valence electrons. The van der Waals surface area contributed by atoms with Gasteiger partial charge in [0.1, 0.15) is 0 Å². The SMILES string of the molecule is COC1(c2c[c]ccc2)CCOCC1. The van der Waals surface area contributed by atoms with E-state index in [1.807, 2.05) is 18.2 Å². The second kappa shape index (κ2) is 4.11. The van der Waals surface area contributed by atoms with Crippen molar-refractivity contribution in [2.45, 2.75) is 18.4 Å². The van der Waals surface area contributed by atoms with E-state index in [2.05, 4.69) is 12.1 Å². The third-order valence-electron chi connectivity index (χ3n) is 2.92. The molecule has 0 aliphatic carbocycles. The first kappa shape index (κ1) is 9.69. The Labute approximate surface area is 84.8 Å². The number of benzene rings is 1. The van der Waals surface area contributed by atoms with Crippen molar-refractivity contribution in [3.8, 4) is 0 Å². The molecule has 0 atom stereocenters. The van der Waals surface area contributed by atoms with Crippen LogP contribution in [0.25, 0.3) is 0 Å². The summed E-state index contributed by atoms with van der Waals surface area (Å²) in [7, 11) is 1.78. The lowest BCUT2D eigenvalue weighted by molar-refractivity contribution is -0.0947. The highest BCUT2D eigenvalue weighted by Crippen LogP contribution is 2.34. The van der Waals surface area contributed by atoms with E-state index in [0.717, 1.165) is 26.1 Å². The molecule has 14 heavy (non-hydrogen) atoms. The van der Waals surface area contributed by atoms with Gasteiger partial charge in [-0.2, -0.15) is 0 Å². The first-order chi connectivity index (χ1) is 6.87. The Kier molecular flexibility index (Phi) is 2.85. The van der Waals surface area contributed by atoms with E-state index in [1.165, 1.54) is 5.56 Å². The molecule has 1 aliphatic rings. The number of hydrogen-bond donors (Lipinski definition) is 0. The van der Waals surface area contributed by atoms with Gasteiger partial charge in [0.05, 0.1) is 5.60 Å². The molecule has 0 bridgehead atoms. The fourth-order valence-corrected chi connectivity index (χ4v) is 1.99. The molecule has 0 aromatic heterocycles. The highest BCUT2D eigenvalue weighted by atomic mass is 16.5. The van der Waals surface area contributed by atoms with Crippen molar-refractivity contribution in [3.05, 3.63) is 35.9 Å². The Morgan fingerprint density at radius 3 is 2.79 bits per heavy atom. The molecule has 1 heterocycles. The van der Waals surface area contributed by atoms with Gasteiger partial charge in [-0.05, 0) is 17.7 Å². The Morgan fingerprint density at radius 1 is 1.43 bits per heavy atom. The quantitative estimate of drug-likeness (QED) is 0.713. The molecular formula is C12H15O2. The lowest BCUT2D eigenvalue weighted by atomic mass is 9.86. The van der Waals surface area contributed by atoms with E-state index in [4.69, 9.17) is 9.47 Å². The smallest absolute Gasteiger partial charge is 0.0971 e. The molecule has 1 aliphatic heterocycles. The molecule has 1 saturated heterocycles. The van der Waals surface area contributed by atoms with Crippen molar-refractivity contribution in [1.29, 1.82) is 0 Å². The van der Waals surface area contributed by atoms with Crippen molar-refractivity contribution in [2.24, 2.45) is 0 Å². The fourth-order valence-electron chi connectivity index (χ4n) is 1.99. The van der Waals surface area contributed by atoms with Crippen LogP contribution >= 0.6 is 0 Å². The summed E-state index contributed by atoms with van der Waals surface area (Å²) in [5.74, 6) is 0. The molecule has 0 saturated carbocycles. The molecule has 2 nitrogen and oxygen atoms in total. The summed E-state index contributed by atoms with van der Waals surface area (Å²) in [6, 6.07) is 11.1. The Morgan fingerprint density at radius 2 is 2.21 bits per heavy atom. The zero-order valence-corrected chi connectivity index (χ0v) is 8.45. The molecule has 0 amide bonds. The van der Waals surface area contributed by atoms with Gasteiger partial charge in [0.25, 0.3) is 0 Å². The number of methoxy groups -OCH3 is 1. The molecule has 2 heteroatoms. The van der Waals surface area contributed by atoms with E-state index in [0.29, 0.717) is 0 Å². The summed E-state index contributed by atoms with van der Waals surface area (Å²) in [6.45, 7) is 1.56. The van der Waals surface area contributed by atoms with Gasteiger partial charge in [0, 0.05) is 33.2 Å². The Hall–Kier alpha value is -0.860. The van der Waals surface area contributed by atoms with E-state index in [-0.39, 0.29) is 5.60 Å². The number of ether oxygens (including phenoxy) is 2. The van der Waals surface area contributed by atoms with Gasteiger partial charge in [-0.3, -0.25) is 0 Å². The van der Waals surface area contributed by atoms with E-state index in [1.54, 1.807) is 7.11 Å². The largest absolute Gasteiger partial charge is 0.381 e. The highest BCUT2D eigenvalue weighted by Gasteiger charge is 2.33. The maximum Gasteiger partial charge on any atom is 0.0971 e. The molecule has 0 spiro atoms. The lowest BCUT2D eigenvalue weighted by Crippen LogP contribution is -2.35. The van der Waals surface area contributed by atoms with Gasteiger partial charge >= 0.3 is 0 Å². The number of rotatable bonds is 2. The van der Waals surface area contributed by atoms with Crippen LogP contribution in [0.1, 0.15) is 18.4 Å². The van der Waals surface area contributed by atoms with Crippen LogP contribution in [-0.4, -0.2) is 20.3 Å². The third kappa shape index (κ3) is 1.68. The predicted octanol–water partition coefficient (Wildman–Crippen LogP) is 2.14. The van der Waals surface area contributed by atoms with Gasteiger partial charge in [-0.1, -0.05) is 18.2 Å². The van der Waals surface area contributed by atoms with Crippen molar-refractivity contribution >= 4 is 0 Å². The van der Waals surface area contributed by atoms with Crippen molar-refractivity contribution in [2.75, 3.05) is 20.3 Å². The van der Waals surface area contributed by atoms with Gasteiger partial charge in [-0.25, -0.2) is 0 Å². The molecule has 0 N–H and O–H groups in total. The summed E-state index contributed by atoms with van der Waals surface area (Å²) < 4.78 is 11.0. The molecule has 2 rings (SSSR count). The van der Waals surface area contributed by atoms with E-state index >= 15 is 0 Å². The molecule has 1 aromatic rings. The summed E-state index contributed by atoms with van der Waals surface area (Å²) in [5.41, 5.74) is 1.07. The predicted molar refractivity (Wildman–Crippen MR) is 54.0 cm³/mol. The molecule has 0 unspecified atom stereocenters. The van der Waals surface area contributed by atoms with Gasteiger partial charge in [0.15, 0.2) is 0 Å². The van der Waals surface area contributed by atoms with Crippen LogP contribution in [0.15, 0.2) is 24.3 Å². The average molecular weight is 191 g/mol. The summed E-state index contributed by atoms with van der Waals surface area (Å²) >= 11 is 0. The number of hydrogen-bond acceptors (Lipinski definition) is 2. The standard InChI is InChI=1S/C12H15O2/c1-13-12(7-9-14-10-8-12)11-5-3-2-4-6-11/h2-3,5-6H,7-10H2,1H3. The maximum atomic E-state index is 5.66. The van der Waals surface area contributed by atoms with Crippen LogP contribution in [-0.2, 0) is 15.1 Å². The van der Waals surface area contributed by atoms with Crippen LogP contribution < -0.4 is 0 Å². The van der Waals surface area contributed by atoms with Crippen LogP contribution in [0.5, 0.6) is 0 Å². The average Bonchev–Trinajstić information content (AvgIpc) is 2.31. The second-order valence-corrected chi connectivity index (χ2v) is 3.60. The van der Waals surface area contributed by atoms with E-state index < -0.39 is 0 Å². The van der Waals surface area contributed by atoms with Crippen molar-refractivity contribution in [1.82, 2.24) is 0 Å². The van der Waals surface area contributed by atoms with Gasteiger partial charge < -0.3 is 9.47 Å². The second-order valence-electron chi connectivity index (χ2n) is 3.60. The van der Waals surface area contributed by atoms with Crippen LogP contribution in [0, 0.1) is 6.07 Å². The minimum Gasteiger partial charge on any atom is -0.381 e. The van der Waals surface area contributed by atoms with Gasteiger partial charge in [0.2, 0.25) is 0 Å². The maximum absolute atomic E-state index is 5.66. The molecular weight excluding hydrogens is 176 g/mol. The highest BCUT2D eigenvalue weighted by molar-refractivity contribution is 5.22. The first-order valence-corrected chi connectivity index (χ1v) is 4.97. The summed E-state index contributed by atoms with van der Waals surface area (Å²) in [4.78, 5) is 0. The molecule has 1 aromatic carbocycles. The van der Waals surface area contributed by atoms with E-state index in [9.17, 15) is 0 Å². The van der Waals surface area contributed by atoms with Crippen LogP contribution in [0.2, 0.25) is 0 Å². The monoisotopic (exact) mass is 191 g/mol. The van der Waals surface area contributed by atoms with Crippen LogP contribution in [0.3, 0.4) is 0 Å². The van der Waals surface area contributed by atoms with Crippen molar-refractivity contribution in [3.63, 3.8) is 0 Å². The third-order valence-corrected chi connectivity index (χ3v) is 2.92. The first-order valence-electron chi connectivity index (χ1n) is 4.97. The normalized spacial score (nSPS) is 20.6. The minimum atomic E-state index is -0.143.